The third-order valence-electron chi connectivity index (χ3n) is 4.35. The Bertz CT molecular complexity index is 695. The lowest BCUT2D eigenvalue weighted by Gasteiger charge is -2.19. The fourth-order valence-electron chi connectivity index (χ4n) is 3.21. The fourth-order valence-corrected chi connectivity index (χ4v) is 3.55. The molecule has 0 saturated carbocycles. The van der Waals surface area contributed by atoms with Crippen molar-refractivity contribution in [2.75, 3.05) is 6.54 Å². The van der Waals surface area contributed by atoms with Gasteiger partial charge >= 0.3 is 0 Å². The van der Waals surface area contributed by atoms with E-state index in [0.717, 1.165) is 23.0 Å². The number of nitrogens with one attached hydrogen (secondary N) is 1. The molecule has 2 nitrogen and oxygen atoms in total. The van der Waals surface area contributed by atoms with Gasteiger partial charge in [-0.1, -0.05) is 67.4 Å². The maximum atomic E-state index is 9.43. The summed E-state index contributed by atoms with van der Waals surface area (Å²) in [4.78, 5) is 0. The van der Waals surface area contributed by atoms with Gasteiger partial charge in [0, 0.05) is 28.5 Å². The Kier molecular flexibility index (Phi) is 7.78. The van der Waals surface area contributed by atoms with Gasteiger partial charge in [-0.15, -0.1) is 0 Å². The molecule has 1 heterocycles. The Balaban J connectivity index is 0.000000269. The van der Waals surface area contributed by atoms with Crippen LogP contribution in [0.4, 0.5) is 0 Å². The van der Waals surface area contributed by atoms with E-state index in [1.165, 1.54) is 5.56 Å². The van der Waals surface area contributed by atoms with E-state index in [9.17, 15) is 5.26 Å². The quantitative estimate of drug-likeness (QED) is 0.723. The molecule has 2 aromatic carbocycles. The standard InChI is InChI=1S/C15H19ClN2.C6H5Cl/c1-10(2)6-15-13(8-17)14(9-18-15)11-4-3-5-12(16)7-11;7-6-4-2-1-3-5-6/h3-5,7,10,13-15,18H,6,9H2,1-2H3;1-5H. The molecule has 3 rings (SSSR count). The van der Waals surface area contributed by atoms with Crippen LogP contribution in [0.2, 0.25) is 10.0 Å². The number of hydrogen-bond acceptors (Lipinski definition) is 2. The van der Waals surface area contributed by atoms with E-state index in [1.807, 2.05) is 48.5 Å². The molecule has 0 bridgehead atoms. The van der Waals surface area contributed by atoms with Crippen molar-refractivity contribution in [1.29, 1.82) is 5.26 Å². The molecular weight excluding hydrogens is 351 g/mol. The zero-order valence-corrected chi connectivity index (χ0v) is 16.1. The molecule has 2 aromatic rings. The number of nitriles is 1. The zero-order valence-electron chi connectivity index (χ0n) is 14.6. The Hall–Kier alpha value is -1.53. The van der Waals surface area contributed by atoms with Crippen LogP contribution in [0.1, 0.15) is 31.7 Å². The smallest absolute Gasteiger partial charge is 0.0697 e. The Labute approximate surface area is 160 Å². The van der Waals surface area contributed by atoms with Gasteiger partial charge in [0.2, 0.25) is 0 Å². The summed E-state index contributed by atoms with van der Waals surface area (Å²) in [5.74, 6) is 0.916. The molecule has 3 unspecified atom stereocenters. The summed E-state index contributed by atoms with van der Waals surface area (Å²) in [7, 11) is 0. The minimum absolute atomic E-state index is 0.0471. The van der Waals surface area contributed by atoms with Crippen molar-refractivity contribution in [2.45, 2.75) is 32.2 Å². The van der Waals surface area contributed by atoms with Crippen LogP contribution in [0, 0.1) is 23.2 Å². The Morgan fingerprint density at radius 3 is 2.28 bits per heavy atom. The monoisotopic (exact) mass is 374 g/mol. The van der Waals surface area contributed by atoms with Crippen molar-refractivity contribution in [3.63, 3.8) is 0 Å². The van der Waals surface area contributed by atoms with Gasteiger partial charge in [0.05, 0.1) is 12.0 Å². The summed E-state index contributed by atoms with van der Waals surface area (Å²) >= 11 is 11.6. The highest BCUT2D eigenvalue weighted by molar-refractivity contribution is 6.30. The van der Waals surface area contributed by atoms with E-state index in [0.29, 0.717) is 12.0 Å². The van der Waals surface area contributed by atoms with E-state index >= 15 is 0 Å². The van der Waals surface area contributed by atoms with Gasteiger partial charge in [-0.2, -0.15) is 5.26 Å². The lowest BCUT2D eigenvalue weighted by Crippen LogP contribution is -2.28. The van der Waals surface area contributed by atoms with Crippen LogP contribution in [0.25, 0.3) is 0 Å². The lowest BCUT2D eigenvalue weighted by molar-refractivity contribution is 0.415. The molecule has 0 radical (unpaired) electrons. The molecule has 132 valence electrons. The highest BCUT2D eigenvalue weighted by atomic mass is 35.5. The summed E-state index contributed by atoms with van der Waals surface area (Å²) in [6, 6.07) is 20.1. The van der Waals surface area contributed by atoms with Crippen LogP contribution in [-0.4, -0.2) is 12.6 Å². The second-order valence-corrected chi connectivity index (χ2v) is 7.63. The first-order chi connectivity index (χ1) is 12.0. The molecule has 1 aliphatic rings. The van der Waals surface area contributed by atoms with Gasteiger partial charge in [0.15, 0.2) is 0 Å². The second kappa shape index (κ2) is 9.82. The van der Waals surface area contributed by atoms with Crippen LogP contribution in [0.3, 0.4) is 0 Å². The van der Waals surface area contributed by atoms with E-state index < -0.39 is 0 Å². The van der Waals surface area contributed by atoms with Crippen molar-refractivity contribution in [3.05, 3.63) is 70.2 Å². The topological polar surface area (TPSA) is 35.8 Å². The summed E-state index contributed by atoms with van der Waals surface area (Å²) in [6.07, 6.45) is 1.05. The minimum atomic E-state index is 0.0471. The predicted octanol–water partition coefficient (Wildman–Crippen LogP) is 5.92. The fraction of sp³-hybridized carbons (Fsp3) is 0.381. The highest BCUT2D eigenvalue weighted by Gasteiger charge is 2.36. The van der Waals surface area contributed by atoms with Crippen molar-refractivity contribution < 1.29 is 0 Å². The summed E-state index contributed by atoms with van der Waals surface area (Å²) in [5.41, 5.74) is 1.17. The van der Waals surface area contributed by atoms with Gasteiger partial charge < -0.3 is 5.32 Å². The molecule has 4 heteroatoms. The first kappa shape index (κ1) is 19.8. The molecule has 0 spiro atoms. The molecule has 1 N–H and O–H groups in total. The van der Waals surface area contributed by atoms with Crippen LogP contribution in [0.15, 0.2) is 54.6 Å². The summed E-state index contributed by atoms with van der Waals surface area (Å²) in [6.45, 7) is 5.27. The first-order valence-electron chi connectivity index (χ1n) is 8.60. The minimum Gasteiger partial charge on any atom is -0.312 e. The normalized spacial score (nSPS) is 22.2. The van der Waals surface area contributed by atoms with E-state index in [4.69, 9.17) is 23.2 Å². The van der Waals surface area contributed by atoms with E-state index in [1.54, 1.807) is 0 Å². The van der Waals surface area contributed by atoms with Crippen LogP contribution < -0.4 is 5.32 Å². The average Bonchev–Trinajstić information content (AvgIpc) is 2.98. The largest absolute Gasteiger partial charge is 0.312 e. The maximum Gasteiger partial charge on any atom is 0.0697 e. The Morgan fingerprint density at radius 1 is 1.08 bits per heavy atom. The molecule has 0 aliphatic carbocycles. The van der Waals surface area contributed by atoms with Gasteiger partial charge in [-0.05, 0) is 42.2 Å². The molecule has 0 amide bonds. The summed E-state index contributed by atoms with van der Waals surface area (Å²) in [5, 5.41) is 14.5. The third kappa shape index (κ3) is 6.04. The number of nitrogens with zero attached hydrogens (tertiary/aromatic N) is 1. The SMILES string of the molecule is CC(C)CC1NCC(c2cccc(Cl)c2)C1C#N.Clc1ccccc1. The predicted molar refractivity (Wildman–Crippen MR) is 106 cm³/mol. The molecule has 3 atom stereocenters. The molecule has 0 aromatic heterocycles. The molecule has 1 aliphatic heterocycles. The number of halogens is 2. The van der Waals surface area contributed by atoms with Gasteiger partial charge in [0.25, 0.3) is 0 Å². The third-order valence-corrected chi connectivity index (χ3v) is 4.84. The lowest BCUT2D eigenvalue weighted by atomic mass is 9.84. The van der Waals surface area contributed by atoms with Gasteiger partial charge in [-0.25, -0.2) is 0 Å². The molecule has 25 heavy (non-hydrogen) atoms. The van der Waals surface area contributed by atoms with Crippen LogP contribution >= 0.6 is 23.2 Å². The number of hydrogen-bond donors (Lipinski definition) is 1. The first-order valence-corrected chi connectivity index (χ1v) is 9.36. The van der Waals surface area contributed by atoms with Crippen LogP contribution in [-0.2, 0) is 0 Å². The number of benzene rings is 2. The second-order valence-electron chi connectivity index (χ2n) is 6.76. The molecular formula is C21H24Cl2N2. The van der Waals surface area contributed by atoms with E-state index in [2.05, 4.69) is 31.3 Å². The van der Waals surface area contributed by atoms with Gasteiger partial charge in [-0.3, -0.25) is 0 Å². The van der Waals surface area contributed by atoms with Crippen molar-refractivity contribution in [2.24, 2.45) is 11.8 Å². The maximum absolute atomic E-state index is 9.43. The van der Waals surface area contributed by atoms with E-state index in [-0.39, 0.29) is 11.8 Å². The summed E-state index contributed by atoms with van der Waals surface area (Å²) < 4.78 is 0. The Morgan fingerprint density at radius 2 is 1.76 bits per heavy atom. The average molecular weight is 375 g/mol. The van der Waals surface area contributed by atoms with Crippen molar-refractivity contribution >= 4 is 23.2 Å². The zero-order chi connectivity index (χ0) is 18.2. The van der Waals surface area contributed by atoms with Crippen LogP contribution in [0.5, 0.6) is 0 Å². The van der Waals surface area contributed by atoms with Crippen molar-refractivity contribution in [1.82, 2.24) is 5.32 Å². The highest BCUT2D eigenvalue weighted by Crippen LogP contribution is 2.34. The number of rotatable bonds is 3. The van der Waals surface area contributed by atoms with Crippen molar-refractivity contribution in [3.8, 4) is 6.07 Å². The molecule has 1 fully saturated rings. The van der Waals surface area contributed by atoms with Gasteiger partial charge in [0.1, 0.15) is 0 Å². The molecule has 1 saturated heterocycles.